The van der Waals surface area contributed by atoms with E-state index in [1.165, 1.54) is 13.8 Å². The number of rotatable bonds is 10. The highest BCUT2D eigenvalue weighted by atomic mass is 16.6. The van der Waals surface area contributed by atoms with Crippen LogP contribution in [0.1, 0.15) is 92.6 Å². The van der Waals surface area contributed by atoms with Crippen LogP contribution in [0.5, 0.6) is 0 Å². The Morgan fingerprint density at radius 1 is 0.857 bits per heavy atom. The Balaban J connectivity index is 2.45. The second-order valence-electron chi connectivity index (χ2n) is 12.9. The molecule has 1 heterocycles. The van der Waals surface area contributed by atoms with Crippen LogP contribution in [-0.4, -0.2) is 78.2 Å². The van der Waals surface area contributed by atoms with Gasteiger partial charge in [-0.25, -0.2) is 19.2 Å². The molecule has 0 aliphatic carbocycles. The Morgan fingerprint density at radius 2 is 1.51 bits per heavy atom. The first-order chi connectivity index (χ1) is 23.1. The first-order valence-corrected chi connectivity index (χ1v) is 16.7. The summed E-state index contributed by atoms with van der Waals surface area (Å²) in [6.07, 6.45) is -6.12. The molecule has 0 saturated carbocycles. The highest BCUT2D eigenvalue weighted by Crippen LogP contribution is 2.17. The van der Waals surface area contributed by atoms with Crippen LogP contribution in [0.15, 0.2) is 30.3 Å². The van der Waals surface area contributed by atoms with Crippen molar-refractivity contribution in [3.05, 3.63) is 35.9 Å². The van der Waals surface area contributed by atoms with Crippen molar-refractivity contribution in [3.8, 4) is 0 Å². The van der Waals surface area contributed by atoms with Gasteiger partial charge in [0.1, 0.15) is 19.1 Å². The van der Waals surface area contributed by atoms with E-state index in [2.05, 4.69) is 10.6 Å². The summed E-state index contributed by atoms with van der Waals surface area (Å²) in [6.45, 7) is 11.4. The summed E-state index contributed by atoms with van der Waals surface area (Å²) in [5, 5.41) is 4.92. The predicted molar refractivity (Wildman–Crippen MR) is 174 cm³/mol. The van der Waals surface area contributed by atoms with Crippen LogP contribution in [0.3, 0.4) is 0 Å². The molecule has 2 rings (SSSR count). The van der Waals surface area contributed by atoms with Gasteiger partial charge in [0.25, 0.3) is 5.91 Å². The zero-order valence-corrected chi connectivity index (χ0v) is 29.4. The molecule has 1 aromatic rings. The summed E-state index contributed by atoms with van der Waals surface area (Å²) in [5.41, 5.74) is 0.662. The molecule has 0 radical (unpaired) electrons. The van der Waals surface area contributed by atoms with Crippen LogP contribution in [0.25, 0.3) is 0 Å². The van der Waals surface area contributed by atoms with Gasteiger partial charge < -0.3 is 34.3 Å². The molecular weight excluding hydrogens is 640 g/mol. The highest BCUT2D eigenvalue weighted by molar-refractivity contribution is 6.01. The number of esters is 4. The number of carbonyl (C=O) groups is 7. The molecule has 2 N–H and O–H groups in total. The number of amides is 2. The summed E-state index contributed by atoms with van der Waals surface area (Å²) in [7, 11) is 0. The Kier molecular flexibility index (Phi) is 16.7. The predicted octanol–water partition coefficient (Wildman–Crippen LogP) is 3.71. The van der Waals surface area contributed by atoms with Crippen molar-refractivity contribution in [2.75, 3.05) is 0 Å². The fourth-order valence-corrected chi connectivity index (χ4v) is 4.84. The van der Waals surface area contributed by atoms with Crippen LogP contribution in [0.2, 0.25) is 0 Å². The third-order valence-corrected chi connectivity index (χ3v) is 7.46. The number of hydrogen-bond donors (Lipinski definition) is 2. The van der Waals surface area contributed by atoms with Crippen LogP contribution in [0, 0.1) is 11.8 Å². The molecule has 0 spiro atoms. The van der Waals surface area contributed by atoms with Crippen molar-refractivity contribution >= 4 is 41.7 Å². The second kappa shape index (κ2) is 20.1. The maximum Gasteiger partial charge on any atom is 0.408 e. The summed E-state index contributed by atoms with van der Waals surface area (Å²) in [4.78, 5) is 92.2. The van der Waals surface area contributed by atoms with Crippen molar-refractivity contribution < 1.29 is 57.2 Å². The number of Topliss-reactive ketones (excluding diaryl/α,β-unsaturated/α-hetero) is 1. The summed E-state index contributed by atoms with van der Waals surface area (Å²) in [6, 6.07) is 5.93. The van der Waals surface area contributed by atoms with Crippen molar-refractivity contribution in [1.82, 2.24) is 10.6 Å². The van der Waals surface area contributed by atoms with Crippen molar-refractivity contribution in [1.29, 1.82) is 0 Å². The second-order valence-corrected chi connectivity index (χ2v) is 12.9. The van der Waals surface area contributed by atoms with Crippen LogP contribution in [-0.2, 0) is 59.1 Å². The molecule has 1 aliphatic rings. The molecule has 1 aromatic carbocycles. The third kappa shape index (κ3) is 14.3. The van der Waals surface area contributed by atoms with Crippen molar-refractivity contribution in [2.45, 2.75) is 130 Å². The largest absolute Gasteiger partial charge is 0.457 e. The van der Waals surface area contributed by atoms with Gasteiger partial charge in [-0.05, 0) is 56.9 Å². The fourth-order valence-electron chi connectivity index (χ4n) is 4.84. The van der Waals surface area contributed by atoms with Gasteiger partial charge in [-0.1, -0.05) is 71.4 Å². The average Bonchev–Trinajstić information content (AvgIpc) is 3.03. The summed E-state index contributed by atoms with van der Waals surface area (Å²) in [5.74, 6) is -5.94. The highest BCUT2D eigenvalue weighted by Gasteiger charge is 2.38. The average molecular weight is 691 g/mol. The number of hydrogen-bond acceptors (Lipinski definition) is 12. The molecule has 14 heteroatoms. The number of nitrogens with one attached hydrogen (secondary N) is 2. The monoisotopic (exact) mass is 690 g/mol. The Morgan fingerprint density at radius 3 is 2.12 bits per heavy atom. The zero-order chi connectivity index (χ0) is 36.7. The van der Waals surface area contributed by atoms with E-state index >= 15 is 0 Å². The van der Waals surface area contributed by atoms with Gasteiger partial charge in [0.15, 0.2) is 30.1 Å². The maximum atomic E-state index is 13.4. The minimum atomic E-state index is -1.69. The van der Waals surface area contributed by atoms with Crippen molar-refractivity contribution in [2.24, 2.45) is 11.8 Å². The van der Waals surface area contributed by atoms with E-state index in [1.807, 2.05) is 20.8 Å². The van der Waals surface area contributed by atoms with E-state index in [1.54, 1.807) is 44.2 Å². The van der Waals surface area contributed by atoms with E-state index in [-0.39, 0.29) is 37.7 Å². The molecule has 1 fully saturated rings. The first-order valence-electron chi connectivity index (χ1n) is 16.7. The molecule has 1 saturated heterocycles. The number of alkyl carbamates (subject to hydrolysis) is 1. The molecule has 0 bridgehead atoms. The lowest BCUT2D eigenvalue weighted by atomic mass is 9.98. The first kappa shape index (κ1) is 40.7. The minimum absolute atomic E-state index is 0.0152. The quantitative estimate of drug-likeness (QED) is 0.206. The molecule has 1 aliphatic heterocycles. The van der Waals surface area contributed by atoms with Crippen molar-refractivity contribution in [3.63, 3.8) is 0 Å². The molecule has 49 heavy (non-hydrogen) atoms. The lowest BCUT2D eigenvalue weighted by Gasteiger charge is -2.28. The number of ether oxygens (including phenoxy) is 5. The molecule has 6 unspecified atom stereocenters. The minimum Gasteiger partial charge on any atom is -0.457 e. The number of cyclic esters (lactones) is 4. The van der Waals surface area contributed by atoms with E-state index in [0.717, 1.165) is 0 Å². The normalized spacial score (nSPS) is 24.9. The molecular formula is C35H50N2O12. The standard InChI is InChI=1S/C35H50N2O12/c1-8-9-15-27-31(40)36-25(16-20(2)3)26(38)18-29(39)48-28(17-21(4)5)33(42)46-22(6)30(34(43)47-23(7)32(41)49-27)37-35(44)45-19-24-13-11-10-12-14-24/h10-14,20-23,25,27-28,30H,8-9,15-19H2,1-7H3,(H,36,40)(H,37,44). The summed E-state index contributed by atoms with van der Waals surface area (Å²) < 4.78 is 26.9. The Hall–Kier alpha value is -4.49. The van der Waals surface area contributed by atoms with Gasteiger partial charge in [-0.2, -0.15) is 0 Å². The molecule has 14 nitrogen and oxygen atoms in total. The van der Waals surface area contributed by atoms with Gasteiger partial charge in [0.05, 0.1) is 6.04 Å². The number of ketones is 1. The Bertz CT molecular complexity index is 1300. The van der Waals surface area contributed by atoms with E-state index in [4.69, 9.17) is 23.7 Å². The topological polar surface area (TPSA) is 190 Å². The summed E-state index contributed by atoms with van der Waals surface area (Å²) >= 11 is 0. The molecule has 272 valence electrons. The fraction of sp³-hybridized carbons (Fsp3) is 0.629. The SMILES string of the molecule is CCCCC1OC(=O)C(C)OC(=O)C(NC(=O)OCc2ccccc2)C(C)OC(=O)C(CC(C)C)OC(=O)CC(=O)C(CC(C)C)NC1=O. The number of benzene rings is 1. The van der Waals surface area contributed by atoms with E-state index in [0.29, 0.717) is 18.4 Å². The van der Waals surface area contributed by atoms with Gasteiger partial charge >= 0.3 is 30.0 Å². The lowest BCUT2D eigenvalue weighted by Crippen LogP contribution is -2.52. The van der Waals surface area contributed by atoms with Gasteiger partial charge in [-0.3, -0.25) is 14.4 Å². The zero-order valence-electron chi connectivity index (χ0n) is 29.4. The van der Waals surface area contributed by atoms with Crippen LogP contribution < -0.4 is 10.6 Å². The lowest BCUT2D eigenvalue weighted by molar-refractivity contribution is -0.179. The van der Waals surface area contributed by atoms with Crippen LogP contribution >= 0.6 is 0 Å². The smallest absolute Gasteiger partial charge is 0.408 e. The number of unbranched alkanes of at least 4 members (excludes halogenated alkanes) is 1. The molecule has 6 atom stereocenters. The molecule has 0 aromatic heterocycles. The third-order valence-electron chi connectivity index (χ3n) is 7.46. The van der Waals surface area contributed by atoms with Gasteiger partial charge in [0.2, 0.25) is 0 Å². The number of carbonyl (C=O) groups excluding carboxylic acids is 7. The van der Waals surface area contributed by atoms with Gasteiger partial charge in [-0.15, -0.1) is 0 Å². The maximum absolute atomic E-state index is 13.4. The van der Waals surface area contributed by atoms with Crippen LogP contribution in [0.4, 0.5) is 4.79 Å². The van der Waals surface area contributed by atoms with E-state index < -0.39 is 84.6 Å². The van der Waals surface area contributed by atoms with Gasteiger partial charge in [0, 0.05) is 0 Å². The Labute approximate surface area is 287 Å². The van der Waals surface area contributed by atoms with E-state index in [9.17, 15) is 33.6 Å². The molecule has 2 amide bonds.